The van der Waals surface area contributed by atoms with Gasteiger partial charge in [0.2, 0.25) is 0 Å². The van der Waals surface area contributed by atoms with Gasteiger partial charge in [-0.15, -0.1) is 0 Å². The molecule has 0 aromatic heterocycles. The van der Waals surface area contributed by atoms with Crippen molar-refractivity contribution >= 4 is 13.3 Å². The van der Waals surface area contributed by atoms with Crippen LogP contribution in [0.3, 0.4) is 0 Å². The number of aromatic hydroxyl groups is 1. The monoisotopic (exact) mass is 318 g/mol. The molecule has 118 valence electrons. The molecule has 0 fully saturated rings. The first-order valence-electron chi connectivity index (χ1n) is 7.10. The Morgan fingerprint density at radius 2 is 1.55 bits per heavy atom. The molecule has 0 aliphatic heterocycles. The second-order valence-electron chi connectivity index (χ2n) is 5.73. The molecule has 0 unspecified atom stereocenters. The molecule has 22 heavy (non-hydrogen) atoms. The highest BCUT2D eigenvalue weighted by molar-refractivity contribution is 6.90. The van der Waals surface area contributed by atoms with Crippen molar-refractivity contribution in [1.29, 1.82) is 0 Å². The molecule has 5 heteroatoms. The summed E-state index contributed by atoms with van der Waals surface area (Å²) in [4.78, 5) is 0. The van der Waals surface area contributed by atoms with Crippen LogP contribution in [-0.2, 0) is 0 Å². The van der Waals surface area contributed by atoms with Gasteiger partial charge in [-0.05, 0) is 47.7 Å². The third-order valence-electron chi connectivity index (χ3n) is 3.57. The predicted molar refractivity (Wildman–Crippen MR) is 90.3 cm³/mol. The molecule has 4 nitrogen and oxygen atoms in total. The van der Waals surface area contributed by atoms with E-state index in [4.69, 9.17) is 14.2 Å². The Kier molecular flexibility index (Phi) is 4.98. The lowest BCUT2D eigenvalue weighted by molar-refractivity contribution is 0.376. The topological polar surface area (TPSA) is 47.9 Å². The van der Waals surface area contributed by atoms with Crippen LogP contribution in [0.1, 0.15) is 0 Å². The molecule has 0 amide bonds. The first-order valence-corrected chi connectivity index (χ1v) is 10.3. The lowest BCUT2D eigenvalue weighted by Crippen LogP contribution is -2.48. The van der Waals surface area contributed by atoms with Gasteiger partial charge < -0.3 is 19.3 Å². The second-order valence-corrected chi connectivity index (χ2v) is 10.3. The molecule has 2 aromatic rings. The normalized spacial score (nSPS) is 11.1. The van der Waals surface area contributed by atoms with E-state index >= 15 is 0 Å². The first kappa shape index (κ1) is 16.2. The molecule has 0 aliphatic rings. The highest BCUT2D eigenvalue weighted by Gasteiger charge is 2.29. The number of phenols is 1. The zero-order valence-corrected chi connectivity index (χ0v) is 14.4. The van der Waals surface area contributed by atoms with Crippen LogP contribution in [0.4, 0.5) is 0 Å². The van der Waals surface area contributed by atoms with Crippen molar-refractivity contribution in [2.24, 2.45) is 0 Å². The summed E-state index contributed by atoms with van der Waals surface area (Å²) in [6.07, 6.45) is 0.612. The van der Waals surface area contributed by atoms with Crippen LogP contribution >= 0.6 is 0 Å². The summed E-state index contributed by atoms with van der Waals surface area (Å²) >= 11 is 0. The van der Waals surface area contributed by atoms with Gasteiger partial charge in [0.1, 0.15) is 31.1 Å². The fraction of sp³-hybridized carbons (Fsp3) is 0.294. The number of methoxy groups -OCH3 is 2. The maximum absolute atomic E-state index is 9.31. The average molecular weight is 318 g/mol. The van der Waals surface area contributed by atoms with Gasteiger partial charge >= 0.3 is 0 Å². The molecule has 0 atom stereocenters. The van der Waals surface area contributed by atoms with Crippen molar-refractivity contribution < 1.29 is 19.3 Å². The Hall–Kier alpha value is -2.14. The predicted octanol–water partition coefficient (Wildman–Crippen LogP) is 2.94. The van der Waals surface area contributed by atoms with Crippen LogP contribution < -0.4 is 19.4 Å². The maximum atomic E-state index is 9.31. The Morgan fingerprint density at radius 1 is 0.909 bits per heavy atom. The summed E-state index contributed by atoms with van der Waals surface area (Å²) in [5, 5.41) is 10.5. The fourth-order valence-corrected chi connectivity index (χ4v) is 4.30. The van der Waals surface area contributed by atoms with Crippen molar-refractivity contribution in [3.05, 3.63) is 42.5 Å². The molecule has 0 heterocycles. The molecular weight excluding hydrogens is 296 g/mol. The third kappa shape index (κ3) is 3.74. The molecule has 0 radical (unpaired) electrons. The summed E-state index contributed by atoms with van der Waals surface area (Å²) in [6.45, 7) is 4.45. The lowest BCUT2D eigenvalue weighted by atomic mass is 10.3. The van der Waals surface area contributed by atoms with Crippen molar-refractivity contribution in [3.63, 3.8) is 0 Å². The van der Waals surface area contributed by atoms with Crippen LogP contribution in [0, 0.1) is 0 Å². The van der Waals surface area contributed by atoms with Crippen LogP contribution in [0.2, 0.25) is 13.1 Å². The number of ether oxygens (including phenoxy) is 3. The van der Waals surface area contributed by atoms with E-state index < -0.39 is 8.07 Å². The van der Waals surface area contributed by atoms with Crippen LogP contribution in [0.5, 0.6) is 23.0 Å². The summed E-state index contributed by atoms with van der Waals surface area (Å²) in [6, 6.07) is 12.6. The molecule has 1 N–H and O–H groups in total. The third-order valence-corrected chi connectivity index (χ3v) is 6.29. The summed E-state index contributed by atoms with van der Waals surface area (Å²) < 4.78 is 16.7. The fourth-order valence-electron chi connectivity index (χ4n) is 2.23. The smallest absolute Gasteiger partial charge is 0.129 e. The molecule has 2 aromatic carbocycles. The van der Waals surface area contributed by atoms with Gasteiger partial charge in [-0.3, -0.25) is 0 Å². The first-order chi connectivity index (χ1) is 10.5. The van der Waals surface area contributed by atoms with Crippen molar-refractivity contribution in [2.45, 2.75) is 13.1 Å². The molecular formula is C17H22O4Si. The largest absolute Gasteiger partial charge is 0.508 e. The summed E-state index contributed by atoms with van der Waals surface area (Å²) in [5.74, 6) is 2.67. The number of benzene rings is 2. The number of hydrogen-bond donors (Lipinski definition) is 1. The Morgan fingerprint density at radius 3 is 2.14 bits per heavy atom. The highest BCUT2D eigenvalue weighted by Crippen LogP contribution is 2.22. The van der Waals surface area contributed by atoms with Gasteiger partial charge in [-0.1, -0.05) is 13.1 Å². The SMILES string of the molecule is COc1ccc(OC)c([Si](C)(C)COc2ccc(O)cc2)c1. The van der Waals surface area contributed by atoms with Crippen molar-refractivity contribution in [3.8, 4) is 23.0 Å². The maximum Gasteiger partial charge on any atom is 0.129 e. The molecule has 2 rings (SSSR count). The van der Waals surface area contributed by atoms with E-state index in [-0.39, 0.29) is 5.75 Å². The van der Waals surface area contributed by atoms with Crippen LogP contribution in [0.25, 0.3) is 0 Å². The highest BCUT2D eigenvalue weighted by atomic mass is 28.3. The number of rotatable bonds is 6. The van der Waals surface area contributed by atoms with Gasteiger partial charge in [-0.25, -0.2) is 0 Å². The summed E-state index contributed by atoms with van der Waals surface area (Å²) in [5.41, 5.74) is 0. The minimum atomic E-state index is -1.88. The number of phenolic OH excluding ortho intramolecular Hbond substituents is 1. The second kappa shape index (κ2) is 6.75. The van der Waals surface area contributed by atoms with E-state index in [9.17, 15) is 5.11 Å². The Bertz CT molecular complexity index is 623. The van der Waals surface area contributed by atoms with Crippen molar-refractivity contribution in [2.75, 3.05) is 20.4 Å². The average Bonchev–Trinajstić information content (AvgIpc) is 2.53. The lowest BCUT2D eigenvalue weighted by Gasteiger charge is -2.25. The zero-order valence-electron chi connectivity index (χ0n) is 13.4. The van der Waals surface area contributed by atoms with E-state index in [1.165, 1.54) is 0 Å². The van der Waals surface area contributed by atoms with E-state index in [1.54, 1.807) is 38.5 Å². The van der Waals surface area contributed by atoms with Gasteiger partial charge in [0.25, 0.3) is 0 Å². The summed E-state index contributed by atoms with van der Waals surface area (Å²) in [7, 11) is 1.46. The van der Waals surface area contributed by atoms with Gasteiger partial charge in [-0.2, -0.15) is 0 Å². The zero-order chi connectivity index (χ0) is 16.2. The van der Waals surface area contributed by atoms with Gasteiger partial charge in [0.15, 0.2) is 0 Å². The molecule has 0 bridgehead atoms. The minimum Gasteiger partial charge on any atom is -0.508 e. The van der Waals surface area contributed by atoms with E-state index in [0.29, 0.717) is 6.23 Å². The minimum absolute atomic E-state index is 0.235. The van der Waals surface area contributed by atoms with Crippen LogP contribution in [0.15, 0.2) is 42.5 Å². The van der Waals surface area contributed by atoms with Gasteiger partial charge in [0, 0.05) is 0 Å². The van der Waals surface area contributed by atoms with E-state index in [1.807, 2.05) is 18.2 Å². The van der Waals surface area contributed by atoms with Gasteiger partial charge in [0.05, 0.1) is 20.4 Å². The quantitative estimate of drug-likeness (QED) is 0.832. The number of hydrogen-bond acceptors (Lipinski definition) is 4. The molecule has 0 aliphatic carbocycles. The molecule has 0 spiro atoms. The Balaban J connectivity index is 2.20. The standard InChI is InChI=1S/C17H22O4Si/c1-19-15-9-10-16(20-2)17(11-15)22(3,4)12-21-14-7-5-13(18)6-8-14/h5-11,18H,12H2,1-4H3. The van der Waals surface area contributed by atoms with E-state index in [2.05, 4.69) is 13.1 Å². The molecule has 0 saturated carbocycles. The molecule has 0 saturated heterocycles. The van der Waals surface area contributed by atoms with Crippen LogP contribution in [-0.4, -0.2) is 33.6 Å². The Labute approximate surface area is 132 Å². The van der Waals surface area contributed by atoms with Crippen molar-refractivity contribution in [1.82, 2.24) is 0 Å². The van der Waals surface area contributed by atoms with E-state index in [0.717, 1.165) is 22.4 Å².